The van der Waals surface area contributed by atoms with Crippen molar-refractivity contribution < 1.29 is 9.53 Å². The van der Waals surface area contributed by atoms with Gasteiger partial charge in [-0.05, 0) is 19.1 Å². The molecule has 5 heteroatoms. The van der Waals surface area contributed by atoms with Gasteiger partial charge in [0.25, 0.3) is 0 Å². The zero-order valence-corrected chi connectivity index (χ0v) is 8.71. The number of Topliss-reactive ketones (excluding diaryl/α,β-unsaturated/α-hetero) is 1. The van der Waals surface area contributed by atoms with Gasteiger partial charge < -0.3 is 10.5 Å². The maximum absolute atomic E-state index is 11.6. The molecule has 0 amide bonds. The van der Waals surface area contributed by atoms with Crippen LogP contribution in [0, 0.1) is 0 Å². The Balaban J connectivity index is 3.06. The van der Waals surface area contributed by atoms with Gasteiger partial charge in [0, 0.05) is 7.11 Å². The number of carbonyl (C=O) groups excluding carboxylic acids is 1. The first-order chi connectivity index (χ1) is 6.56. The number of pyridine rings is 1. The van der Waals surface area contributed by atoms with Crippen molar-refractivity contribution in [3.63, 3.8) is 0 Å². The summed E-state index contributed by atoms with van der Waals surface area (Å²) in [5.41, 5.74) is 6.05. The number of rotatable bonds is 3. The number of hydrogen-bond acceptors (Lipinski definition) is 4. The average molecular weight is 215 g/mol. The van der Waals surface area contributed by atoms with E-state index < -0.39 is 6.10 Å². The Labute approximate surface area is 87.0 Å². The monoisotopic (exact) mass is 214 g/mol. The number of aromatic nitrogens is 1. The van der Waals surface area contributed by atoms with Crippen LogP contribution in [-0.4, -0.2) is 24.0 Å². The third-order valence-corrected chi connectivity index (χ3v) is 2.06. The molecule has 2 N–H and O–H groups in total. The van der Waals surface area contributed by atoms with Crippen molar-refractivity contribution in [2.45, 2.75) is 13.0 Å². The second-order valence-electron chi connectivity index (χ2n) is 2.81. The summed E-state index contributed by atoms with van der Waals surface area (Å²) in [7, 11) is 1.45. The van der Waals surface area contributed by atoms with Crippen molar-refractivity contribution in [2.75, 3.05) is 12.8 Å². The lowest BCUT2D eigenvalue weighted by atomic mass is 10.1. The molecule has 0 spiro atoms. The summed E-state index contributed by atoms with van der Waals surface area (Å²) in [5, 5.41) is 0.242. The number of hydrogen-bond donors (Lipinski definition) is 1. The van der Waals surface area contributed by atoms with E-state index in [1.165, 1.54) is 13.2 Å². The van der Waals surface area contributed by atoms with E-state index >= 15 is 0 Å². The number of methoxy groups -OCH3 is 1. The van der Waals surface area contributed by atoms with Crippen molar-refractivity contribution in [2.24, 2.45) is 0 Å². The minimum absolute atomic E-state index is 0.159. The molecule has 0 radical (unpaired) electrons. The van der Waals surface area contributed by atoms with Gasteiger partial charge in [-0.3, -0.25) is 4.79 Å². The molecule has 0 fully saturated rings. The van der Waals surface area contributed by atoms with E-state index in [9.17, 15) is 4.79 Å². The molecular formula is C9H11ClN2O2. The standard InChI is InChI=1S/C9H11ClN2O2/c1-5(14-2)9(13)8-6(11)3-4-7(10)12-8/h3-5H,11H2,1-2H3. The van der Waals surface area contributed by atoms with E-state index in [0.29, 0.717) is 5.69 Å². The third kappa shape index (κ3) is 2.21. The van der Waals surface area contributed by atoms with Crippen molar-refractivity contribution in [3.05, 3.63) is 23.0 Å². The van der Waals surface area contributed by atoms with E-state index in [-0.39, 0.29) is 16.6 Å². The molecule has 1 atom stereocenters. The number of nitrogens with two attached hydrogens (primary N) is 1. The second kappa shape index (κ2) is 4.39. The fraction of sp³-hybridized carbons (Fsp3) is 0.333. The maximum atomic E-state index is 11.6. The fourth-order valence-electron chi connectivity index (χ4n) is 0.943. The van der Waals surface area contributed by atoms with Gasteiger partial charge in [0.15, 0.2) is 0 Å². The molecule has 4 nitrogen and oxygen atoms in total. The van der Waals surface area contributed by atoms with E-state index in [4.69, 9.17) is 22.1 Å². The minimum atomic E-state index is -0.566. The Morgan fingerprint density at radius 1 is 1.64 bits per heavy atom. The highest BCUT2D eigenvalue weighted by atomic mass is 35.5. The Hall–Kier alpha value is -1.13. The zero-order valence-electron chi connectivity index (χ0n) is 7.95. The van der Waals surface area contributed by atoms with Crippen LogP contribution in [0.25, 0.3) is 0 Å². The number of carbonyl (C=O) groups is 1. The molecule has 1 aromatic heterocycles. The van der Waals surface area contributed by atoms with E-state index in [2.05, 4.69) is 4.98 Å². The molecule has 0 aromatic carbocycles. The lowest BCUT2D eigenvalue weighted by molar-refractivity contribution is 0.0651. The molecule has 14 heavy (non-hydrogen) atoms. The highest BCUT2D eigenvalue weighted by Crippen LogP contribution is 2.15. The summed E-state index contributed by atoms with van der Waals surface area (Å²) < 4.78 is 4.87. The van der Waals surface area contributed by atoms with Crippen LogP contribution in [0.1, 0.15) is 17.4 Å². The first-order valence-electron chi connectivity index (χ1n) is 4.05. The molecular weight excluding hydrogens is 204 g/mol. The van der Waals surface area contributed by atoms with Gasteiger partial charge in [0.2, 0.25) is 5.78 Å². The molecule has 0 aliphatic rings. The van der Waals surface area contributed by atoms with Crippen LogP contribution < -0.4 is 5.73 Å². The van der Waals surface area contributed by atoms with Crippen molar-refractivity contribution >= 4 is 23.1 Å². The predicted molar refractivity (Wildman–Crippen MR) is 54.5 cm³/mol. The number of anilines is 1. The first kappa shape index (κ1) is 10.9. The average Bonchev–Trinajstić information content (AvgIpc) is 2.19. The topological polar surface area (TPSA) is 65.2 Å². The smallest absolute Gasteiger partial charge is 0.211 e. The van der Waals surface area contributed by atoms with Crippen molar-refractivity contribution in [3.8, 4) is 0 Å². The molecule has 1 aromatic rings. The Morgan fingerprint density at radius 3 is 2.86 bits per heavy atom. The largest absolute Gasteiger partial charge is 0.397 e. The van der Waals surface area contributed by atoms with Crippen LogP contribution in [-0.2, 0) is 4.74 Å². The second-order valence-corrected chi connectivity index (χ2v) is 3.20. The Morgan fingerprint density at radius 2 is 2.29 bits per heavy atom. The Bertz CT molecular complexity index is 355. The van der Waals surface area contributed by atoms with Gasteiger partial charge in [-0.2, -0.15) is 0 Å². The summed E-state index contributed by atoms with van der Waals surface area (Å²) in [6.07, 6.45) is -0.566. The minimum Gasteiger partial charge on any atom is -0.397 e. The molecule has 1 heterocycles. The van der Waals surface area contributed by atoms with Crippen LogP contribution in [0.2, 0.25) is 5.15 Å². The summed E-state index contributed by atoms with van der Waals surface area (Å²) in [5.74, 6) is -0.271. The van der Waals surface area contributed by atoms with Gasteiger partial charge in [-0.25, -0.2) is 4.98 Å². The number of ketones is 1. The zero-order chi connectivity index (χ0) is 10.7. The van der Waals surface area contributed by atoms with Gasteiger partial charge >= 0.3 is 0 Å². The summed E-state index contributed by atoms with van der Waals surface area (Å²) in [6, 6.07) is 3.08. The third-order valence-electron chi connectivity index (χ3n) is 1.85. The van der Waals surface area contributed by atoms with Gasteiger partial charge in [-0.15, -0.1) is 0 Å². The lowest BCUT2D eigenvalue weighted by Gasteiger charge is -2.09. The number of ether oxygens (including phenoxy) is 1. The van der Waals surface area contributed by atoms with Crippen molar-refractivity contribution in [1.29, 1.82) is 0 Å². The maximum Gasteiger partial charge on any atom is 0.211 e. The highest BCUT2D eigenvalue weighted by Gasteiger charge is 2.18. The lowest BCUT2D eigenvalue weighted by Crippen LogP contribution is -2.21. The van der Waals surface area contributed by atoms with Crippen LogP contribution >= 0.6 is 11.6 Å². The van der Waals surface area contributed by atoms with Gasteiger partial charge in [0.05, 0.1) is 5.69 Å². The van der Waals surface area contributed by atoms with Gasteiger partial charge in [0.1, 0.15) is 17.0 Å². The molecule has 0 bridgehead atoms. The first-order valence-corrected chi connectivity index (χ1v) is 4.43. The number of halogens is 1. The summed E-state index contributed by atoms with van der Waals surface area (Å²) in [4.78, 5) is 15.5. The molecule has 1 unspecified atom stereocenters. The van der Waals surface area contributed by atoms with Gasteiger partial charge in [-0.1, -0.05) is 11.6 Å². The molecule has 76 valence electrons. The molecule has 0 aliphatic heterocycles. The van der Waals surface area contributed by atoms with Crippen molar-refractivity contribution in [1.82, 2.24) is 4.98 Å². The number of nitrogens with zero attached hydrogens (tertiary/aromatic N) is 1. The molecule has 0 saturated carbocycles. The molecule has 1 rings (SSSR count). The molecule has 0 saturated heterocycles. The fourth-order valence-corrected chi connectivity index (χ4v) is 1.09. The highest BCUT2D eigenvalue weighted by molar-refractivity contribution is 6.29. The van der Waals surface area contributed by atoms with Crippen LogP contribution in [0.4, 0.5) is 5.69 Å². The normalized spacial score (nSPS) is 12.5. The predicted octanol–water partition coefficient (Wildman–Crippen LogP) is 1.53. The van der Waals surface area contributed by atoms with Crippen LogP contribution in [0.3, 0.4) is 0 Å². The van der Waals surface area contributed by atoms with E-state index in [1.807, 2.05) is 0 Å². The van der Waals surface area contributed by atoms with Crippen LogP contribution in [0.5, 0.6) is 0 Å². The SMILES string of the molecule is COC(C)C(=O)c1nc(Cl)ccc1N. The Kier molecular flexibility index (Phi) is 3.43. The van der Waals surface area contributed by atoms with Crippen LogP contribution in [0.15, 0.2) is 12.1 Å². The molecule has 0 aliphatic carbocycles. The van der Waals surface area contributed by atoms with E-state index in [0.717, 1.165) is 0 Å². The summed E-state index contributed by atoms with van der Waals surface area (Å²) >= 11 is 5.65. The van der Waals surface area contributed by atoms with E-state index in [1.54, 1.807) is 13.0 Å². The summed E-state index contributed by atoms with van der Waals surface area (Å²) in [6.45, 7) is 1.63. The quantitative estimate of drug-likeness (QED) is 0.612. The number of nitrogen functional groups attached to an aromatic ring is 1.